The van der Waals surface area contributed by atoms with Gasteiger partial charge in [0.25, 0.3) is 0 Å². The minimum Gasteiger partial charge on any atom is -0.380 e. The molecule has 0 unspecified atom stereocenters. The number of piperidine rings is 1. The van der Waals surface area contributed by atoms with Crippen molar-refractivity contribution in [3.8, 4) is 0 Å². The molecule has 2 fully saturated rings. The molecule has 29 heavy (non-hydrogen) atoms. The predicted octanol–water partition coefficient (Wildman–Crippen LogP) is 3.55. The maximum Gasteiger partial charge on any atom is 0.209 e. The number of anilines is 1. The molecule has 0 N–H and O–H groups in total. The van der Waals surface area contributed by atoms with E-state index < -0.39 is 0 Å². The highest BCUT2D eigenvalue weighted by atomic mass is 32.1. The van der Waals surface area contributed by atoms with Crippen LogP contribution in [-0.4, -0.2) is 53.8 Å². The van der Waals surface area contributed by atoms with Gasteiger partial charge in [-0.2, -0.15) is 4.37 Å². The van der Waals surface area contributed by atoms with Gasteiger partial charge in [0.1, 0.15) is 12.6 Å². The molecule has 4 rings (SSSR count). The summed E-state index contributed by atoms with van der Waals surface area (Å²) in [7, 11) is 1.66. The van der Waals surface area contributed by atoms with Gasteiger partial charge in [-0.25, -0.2) is 4.98 Å². The maximum absolute atomic E-state index is 11.2. The second kappa shape index (κ2) is 8.73. The molecule has 0 saturated carbocycles. The highest BCUT2D eigenvalue weighted by molar-refractivity contribution is 7.09. The zero-order chi connectivity index (χ0) is 20.3. The number of ether oxygens (including phenoxy) is 1. The fourth-order valence-corrected chi connectivity index (χ4v) is 5.21. The van der Waals surface area contributed by atoms with Crippen LogP contribution in [0.25, 0.3) is 0 Å². The number of rotatable bonds is 7. The first-order valence-electron chi connectivity index (χ1n) is 10.2. The first-order valence-corrected chi connectivity index (χ1v) is 10.9. The van der Waals surface area contributed by atoms with E-state index >= 15 is 0 Å². The van der Waals surface area contributed by atoms with Gasteiger partial charge in [-0.05, 0) is 49.9 Å². The average Bonchev–Trinajstić information content (AvgIpc) is 3.37. The minimum atomic E-state index is 0.222. The second-order valence-electron chi connectivity index (χ2n) is 8.03. The van der Waals surface area contributed by atoms with Crippen molar-refractivity contribution in [2.75, 3.05) is 38.2 Å². The molecule has 6 nitrogen and oxygen atoms in total. The number of aldehydes is 1. The van der Waals surface area contributed by atoms with Gasteiger partial charge in [0, 0.05) is 48.4 Å². The maximum atomic E-state index is 11.2. The molecule has 3 heterocycles. The number of likely N-dealkylation sites (tertiary alicyclic amines) is 1. The molecular weight excluding hydrogens is 384 g/mol. The van der Waals surface area contributed by atoms with Crippen molar-refractivity contribution in [3.63, 3.8) is 0 Å². The minimum absolute atomic E-state index is 0.222. The summed E-state index contributed by atoms with van der Waals surface area (Å²) in [6.07, 6.45) is 6.98. The average molecular weight is 413 g/mol. The summed E-state index contributed by atoms with van der Waals surface area (Å²) in [5.41, 5.74) is 4.39. The third-order valence-electron chi connectivity index (χ3n) is 6.50. The molecule has 0 aliphatic carbocycles. The van der Waals surface area contributed by atoms with Gasteiger partial charge in [-0.1, -0.05) is 24.8 Å². The molecule has 2 aromatic rings. The van der Waals surface area contributed by atoms with Crippen molar-refractivity contribution in [2.45, 2.75) is 32.3 Å². The van der Waals surface area contributed by atoms with Crippen LogP contribution in [0.4, 0.5) is 5.13 Å². The Morgan fingerprint density at radius 3 is 2.76 bits per heavy atom. The van der Waals surface area contributed by atoms with Crippen molar-refractivity contribution in [1.82, 2.24) is 14.3 Å². The van der Waals surface area contributed by atoms with Gasteiger partial charge < -0.3 is 14.5 Å². The summed E-state index contributed by atoms with van der Waals surface area (Å²) >= 11 is 1.45. The quantitative estimate of drug-likeness (QED) is 0.649. The highest BCUT2D eigenvalue weighted by Crippen LogP contribution is 2.48. The van der Waals surface area contributed by atoms with Crippen LogP contribution in [0, 0.1) is 5.41 Å². The fourth-order valence-electron chi connectivity index (χ4n) is 4.63. The Hall–Kier alpha value is -2.09. The molecule has 2 saturated heterocycles. The van der Waals surface area contributed by atoms with Gasteiger partial charge >= 0.3 is 0 Å². The van der Waals surface area contributed by atoms with Crippen LogP contribution in [0.3, 0.4) is 0 Å². The fraction of sp³-hybridized carbons (Fsp3) is 0.500. The lowest BCUT2D eigenvalue weighted by molar-refractivity contribution is 0.111. The molecule has 1 aromatic carbocycles. The summed E-state index contributed by atoms with van der Waals surface area (Å²) in [5, 5.41) is 0.972. The van der Waals surface area contributed by atoms with E-state index in [1.54, 1.807) is 13.4 Å². The SMILES string of the molecule is C=C1N(c2ncns2)CCC12CCN(CCc1ccc(C=O)c(COC)c1)CC2. The monoisotopic (exact) mass is 412 g/mol. The zero-order valence-corrected chi connectivity index (χ0v) is 17.8. The van der Waals surface area contributed by atoms with Gasteiger partial charge in [-0.3, -0.25) is 4.79 Å². The van der Waals surface area contributed by atoms with E-state index in [1.165, 1.54) is 22.8 Å². The van der Waals surface area contributed by atoms with Crippen molar-refractivity contribution in [1.29, 1.82) is 0 Å². The summed E-state index contributed by atoms with van der Waals surface area (Å²) < 4.78 is 9.37. The van der Waals surface area contributed by atoms with Crippen molar-refractivity contribution in [2.24, 2.45) is 5.41 Å². The van der Waals surface area contributed by atoms with Crippen LogP contribution in [0.2, 0.25) is 0 Å². The normalized spacial score (nSPS) is 19.2. The lowest BCUT2D eigenvalue weighted by Gasteiger charge is -2.40. The number of hydrogen-bond donors (Lipinski definition) is 0. The van der Waals surface area contributed by atoms with Crippen molar-refractivity contribution >= 4 is 23.0 Å². The second-order valence-corrected chi connectivity index (χ2v) is 8.79. The first-order chi connectivity index (χ1) is 14.1. The van der Waals surface area contributed by atoms with E-state index in [0.29, 0.717) is 6.61 Å². The van der Waals surface area contributed by atoms with E-state index in [1.807, 2.05) is 6.07 Å². The van der Waals surface area contributed by atoms with Crippen molar-refractivity contribution < 1.29 is 9.53 Å². The number of carbonyl (C=O) groups is 1. The molecule has 0 bridgehead atoms. The number of hydrogen-bond acceptors (Lipinski definition) is 7. The molecular formula is C22H28N4O2S. The third-order valence-corrected chi connectivity index (χ3v) is 7.19. The third kappa shape index (κ3) is 4.13. The molecule has 2 aliphatic heterocycles. The summed E-state index contributed by atoms with van der Waals surface area (Å²) in [6.45, 7) is 9.14. The molecule has 0 radical (unpaired) electrons. The lowest BCUT2D eigenvalue weighted by atomic mass is 9.75. The molecule has 7 heteroatoms. The smallest absolute Gasteiger partial charge is 0.209 e. The standard InChI is InChI=1S/C22H28N4O2S/c1-17-22(8-12-26(17)21-23-16-24-29-21)6-10-25(11-7-22)9-5-18-3-4-19(14-27)20(13-18)15-28-2/h3-4,13-14,16H,1,5-12,15H2,2H3. The zero-order valence-electron chi connectivity index (χ0n) is 17.0. The Kier molecular flexibility index (Phi) is 6.08. The van der Waals surface area contributed by atoms with Gasteiger partial charge in [-0.15, -0.1) is 0 Å². The highest BCUT2D eigenvalue weighted by Gasteiger charge is 2.44. The number of methoxy groups -OCH3 is 1. The van der Waals surface area contributed by atoms with E-state index in [2.05, 4.69) is 37.9 Å². The Balaban J connectivity index is 1.32. The predicted molar refractivity (Wildman–Crippen MR) is 115 cm³/mol. The number of carbonyl (C=O) groups excluding carboxylic acids is 1. The Labute approximate surface area is 176 Å². The number of benzene rings is 1. The molecule has 1 aromatic heterocycles. The number of allylic oxidation sites excluding steroid dienone is 1. The lowest BCUT2D eigenvalue weighted by Crippen LogP contribution is -2.41. The summed E-state index contributed by atoms with van der Waals surface area (Å²) in [6, 6.07) is 6.08. The molecule has 1 spiro atoms. The van der Waals surface area contributed by atoms with E-state index in [4.69, 9.17) is 4.74 Å². The molecule has 0 atom stereocenters. The van der Waals surface area contributed by atoms with Crippen LogP contribution in [0.5, 0.6) is 0 Å². The van der Waals surface area contributed by atoms with Gasteiger partial charge in [0.15, 0.2) is 0 Å². The molecule has 2 aliphatic rings. The van der Waals surface area contributed by atoms with Gasteiger partial charge in [0.2, 0.25) is 5.13 Å². The van der Waals surface area contributed by atoms with Crippen LogP contribution in [-0.2, 0) is 17.8 Å². The van der Waals surface area contributed by atoms with E-state index in [-0.39, 0.29) is 5.41 Å². The van der Waals surface area contributed by atoms with E-state index in [0.717, 1.165) is 74.4 Å². The topological polar surface area (TPSA) is 58.6 Å². The summed E-state index contributed by atoms with van der Waals surface area (Å²) in [4.78, 5) is 20.4. The Morgan fingerprint density at radius 1 is 1.28 bits per heavy atom. The van der Waals surface area contributed by atoms with Crippen LogP contribution >= 0.6 is 11.5 Å². The molecule has 0 amide bonds. The van der Waals surface area contributed by atoms with Gasteiger partial charge in [0.05, 0.1) is 6.61 Å². The van der Waals surface area contributed by atoms with Crippen LogP contribution in [0.15, 0.2) is 36.8 Å². The first kappa shape index (κ1) is 20.2. The van der Waals surface area contributed by atoms with Crippen LogP contribution in [0.1, 0.15) is 40.7 Å². The summed E-state index contributed by atoms with van der Waals surface area (Å²) in [5.74, 6) is 0. The number of aromatic nitrogens is 2. The number of nitrogens with zero attached hydrogens (tertiary/aromatic N) is 4. The molecule has 154 valence electrons. The Bertz CT molecular complexity index is 860. The Morgan fingerprint density at radius 2 is 2.07 bits per heavy atom. The largest absolute Gasteiger partial charge is 0.380 e. The van der Waals surface area contributed by atoms with Crippen LogP contribution < -0.4 is 4.90 Å². The van der Waals surface area contributed by atoms with Crippen molar-refractivity contribution in [3.05, 3.63) is 53.5 Å². The van der Waals surface area contributed by atoms with E-state index in [9.17, 15) is 4.79 Å².